The maximum atomic E-state index is 10.9. The van der Waals surface area contributed by atoms with Crippen molar-refractivity contribution in [3.8, 4) is 0 Å². The number of hydrogen-bond donors (Lipinski definition) is 2. The Morgan fingerprint density at radius 1 is 0.960 bits per heavy atom. The van der Waals surface area contributed by atoms with E-state index in [0.29, 0.717) is 5.56 Å². The van der Waals surface area contributed by atoms with Gasteiger partial charge in [0.25, 0.3) is 0 Å². The maximum absolute atomic E-state index is 10.9. The molecule has 2 N–H and O–H groups in total. The largest absolute Gasteiger partial charge is 0.478 e. The van der Waals surface area contributed by atoms with Crippen molar-refractivity contribution in [1.82, 2.24) is 4.90 Å². The fourth-order valence-corrected chi connectivity index (χ4v) is 3.62. The molecule has 0 bridgehead atoms. The van der Waals surface area contributed by atoms with Crippen LogP contribution in [0.3, 0.4) is 0 Å². The molecule has 0 spiro atoms. The number of piperidine rings is 1. The predicted octanol–water partition coefficient (Wildman–Crippen LogP) is 3.20. The van der Waals surface area contributed by atoms with E-state index in [4.69, 9.17) is 5.11 Å². The summed E-state index contributed by atoms with van der Waals surface area (Å²) in [4.78, 5) is 13.3. The molecule has 0 aliphatic carbocycles. The van der Waals surface area contributed by atoms with Crippen LogP contribution < -0.4 is 0 Å². The number of likely N-dealkylation sites (tertiary alicyclic amines) is 1. The second-order valence-electron chi connectivity index (χ2n) is 7.10. The Hall–Kier alpha value is -2.17. The highest BCUT2D eigenvalue weighted by Crippen LogP contribution is 2.35. The van der Waals surface area contributed by atoms with Crippen molar-refractivity contribution in [2.75, 3.05) is 19.7 Å². The van der Waals surface area contributed by atoms with Gasteiger partial charge in [-0.3, -0.25) is 4.90 Å². The van der Waals surface area contributed by atoms with Crippen molar-refractivity contribution < 1.29 is 15.0 Å². The van der Waals surface area contributed by atoms with Crippen LogP contribution in [0.1, 0.15) is 34.3 Å². The number of carboxylic acids is 1. The summed E-state index contributed by atoms with van der Waals surface area (Å²) in [6.07, 6.45) is 2.88. The van der Waals surface area contributed by atoms with Crippen LogP contribution in [0.5, 0.6) is 0 Å². The zero-order chi connectivity index (χ0) is 17.7. The molecule has 0 aromatic heterocycles. The van der Waals surface area contributed by atoms with Crippen LogP contribution in [0.4, 0.5) is 0 Å². The molecule has 1 heterocycles. The first-order valence-electron chi connectivity index (χ1n) is 8.80. The maximum Gasteiger partial charge on any atom is 0.335 e. The summed E-state index contributed by atoms with van der Waals surface area (Å²) in [5.41, 5.74) is 2.72. The molecule has 0 atom stereocenters. The minimum Gasteiger partial charge on any atom is -0.478 e. The Labute approximate surface area is 148 Å². The van der Waals surface area contributed by atoms with Crippen molar-refractivity contribution in [3.63, 3.8) is 0 Å². The highest BCUT2D eigenvalue weighted by Gasteiger charge is 2.34. The molecule has 2 aromatic rings. The summed E-state index contributed by atoms with van der Waals surface area (Å²) in [7, 11) is 0. The molecule has 4 nitrogen and oxygen atoms in total. The molecular weight excluding hydrogens is 314 g/mol. The van der Waals surface area contributed by atoms with Crippen molar-refractivity contribution in [2.24, 2.45) is 5.41 Å². The summed E-state index contributed by atoms with van der Waals surface area (Å²) in [6.45, 7) is 2.96. The Balaban J connectivity index is 1.57. The normalized spacial score (nSPS) is 17.3. The van der Waals surface area contributed by atoms with Crippen molar-refractivity contribution >= 4 is 5.97 Å². The number of rotatable bonds is 6. The van der Waals surface area contributed by atoms with Gasteiger partial charge in [0.2, 0.25) is 0 Å². The van der Waals surface area contributed by atoms with E-state index >= 15 is 0 Å². The number of nitrogens with zero attached hydrogens (tertiary/aromatic N) is 1. The van der Waals surface area contributed by atoms with Crippen molar-refractivity contribution in [3.05, 3.63) is 71.3 Å². The van der Waals surface area contributed by atoms with E-state index in [1.807, 2.05) is 18.2 Å². The first kappa shape index (κ1) is 17.6. The van der Waals surface area contributed by atoms with Crippen LogP contribution >= 0.6 is 0 Å². The summed E-state index contributed by atoms with van der Waals surface area (Å²) in [6, 6.07) is 17.5. The van der Waals surface area contributed by atoms with Crippen molar-refractivity contribution in [1.29, 1.82) is 0 Å². The predicted molar refractivity (Wildman–Crippen MR) is 97.6 cm³/mol. The lowest BCUT2D eigenvalue weighted by atomic mass is 9.74. The fourth-order valence-electron chi connectivity index (χ4n) is 3.62. The van der Waals surface area contributed by atoms with Crippen LogP contribution in [-0.2, 0) is 13.0 Å². The third kappa shape index (κ3) is 4.47. The summed E-state index contributed by atoms with van der Waals surface area (Å²) < 4.78 is 0. The highest BCUT2D eigenvalue weighted by atomic mass is 16.4. The molecule has 4 heteroatoms. The molecule has 1 fully saturated rings. The van der Waals surface area contributed by atoms with E-state index in [2.05, 4.69) is 29.2 Å². The van der Waals surface area contributed by atoms with Gasteiger partial charge >= 0.3 is 5.97 Å². The molecule has 1 saturated heterocycles. The lowest BCUT2D eigenvalue weighted by Crippen LogP contribution is -2.42. The second kappa shape index (κ2) is 7.81. The topological polar surface area (TPSA) is 60.8 Å². The van der Waals surface area contributed by atoms with E-state index in [1.165, 1.54) is 5.56 Å². The minimum atomic E-state index is -0.891. The fraction of sp³-hybridized carbons (Fsp3) is 0.381. The summed E-state index contributed by atoms with van der Waals surface area (Å²) >= 11 is 0. The number of carboxylic acid groups (broad SMARTS) is 1. The van der Waals surface area contributed by atoms with Crippen molar-refractivity contribution in [2.45, 2.75) is 25.8 Å². The monoisotopic (exact) mass is 339 g/mol. The molecule has 1 aliphatic heterocycles. The molecule has 2 aromatic carbocycles. The molecule has 0 unspecified atom stereocenters. The lowest BCUT2D eigenvalue weighted by molar-refractivity contribution is 0.0413. The zero-order valence-corrected chi connectivity index (χ0v) is 14.4. The molecular formula is C21H25NO3. The van der Waals surface area contributed by atoms with Gasteiger partial charge in [-0.2, -0.15) is 0 Å². The average Bonchev–Trinajstić information content (AvgIpc) is 2.65. The lowest BCUT2D eigenvalue weighted by Gasteiger charge is -2.41. The standard InChI is InChI=1S/C21H25NO3/c23-16-21(14-17-4-2-1-3-5-17)10-12-22(13-11-21)15-18-6-8-19(9-7-18)20(24)25/h1-9,23H,10-16H2,(H,24,25). The molecule has 132 valence electrons. The minimum absolute atomic E-state index is 0.0228. The summed E-state index contributed by atoms with van der Waals surface area (Å²) in [5, 5.41) is 19.0. The first-order valence-corrected chi connectivity index (χ1v) is 8.80. The van der Waals surface area contributed by atoms with E-state index in [0.717, 1.165) is 44.5 Å². The van der Waals surface area contributed by atoms with Gasteiger partial charge in [0, 0.05) is 13.2 Å². The van der Waals surface area contributed by atoms with Crippen LogP contribution in [0.25, 0.3) is 0 Å². The Morgan fingerprint density at radius 2 is 1.60 bits per heavy atom. The van der Waals surface area contributed by atoms with E-state index in [9.17, 15) is 9.90 Å². The molecule has 0 saturated carbocycles. The molecule has 1 aliphatic rings. The molecule has 0 radical (unpaired) electrons. The molecule has 0 amide bonds. The number of carbonyl (C=O) groups is 1. The first-order chi connectivity index (χ1) is 12.1. The number of benzene rings is 2. The SMILES string of the molecule is O=C(O)c1ccc(CN2CCC(CO)(Cc3ccccc3)CC2)cc1. The summed E-state index contributed by atoms with van der Waals surface area (Å²) in [5.74, 6) is -0.891. The molecule has 3 rings (SSSR count). The number of aliphatic hydroxyl groups is 1. The van der Waals surface area contributed by atoms with Gasteiger partial charge in [-0.1, -0.05) is 42.5 Å². The van der Waals surface area contributed by atoms with E-state index in [-0.39, 0.29) is 12.0 Å². The quantitative estimate of drug-likeness (QED) is 0.848. The van der Waals surface area contributed by atoms with Gasteiger partial charge in [0.15, 0.2) is 0 Å². The van der Waals surface area contributed by atoms with Crippen LogP contribution in [0.15, 0.2) is 54.6 Å². The Morgan fingerprint density at radius 3 is 2.16 bits per heavy atom. The van der Waals surface area contributed by atoms with Crippen LogP contribution in [0.2, 0.25) is 0 Å². The molecule has 25 heavy (non-hydrogen) atoms. The van der Waals surface area contributed by atoms with Gasteiger partial charge in [-0.05, 0) is 61.0 Å². The van der Waals surface area contributed by atoms with Gasteiger partial charge in [-0.15, -0.1) is 0 Å². The highest BCUT2D eigenvalue weighted by molar-refractivity contribution is 5.87. The van der Waals surface area contributed by atoms with Gasteiger partial charge in [0.05, 0.1) is 5.56 Å². The van der Waals surface area contributed by atoms with Crippen LogP contribution in [-0.4, -0.2) is 40.8 Å². The van der Waals surface area contributed by atoms with Crippen LogP contribution in [0, 0.1) is 5.41 Å². The number of hydrogen-bond acceptors (Lipinski definition) is 3. The van der Waals surface area contributed by atoms with Gasteiger partial charge < -0.3 is 10.2 Å². The Kier molecular flexibility index (Phi) is 5.51. The van der Waals surface area contributed by atoms with E-state index < -0.39 is 5.97 Å². The van der Waals surface area contributed by atoms with Gasteiger partial charge in [0.1, 0.15) is 0 Å². The van der Waals surface area contributed by atoms with Gasteiger partial charge in [-0.25, -0.2) is 4.79 Å². The second-order valence-corrected chi connectivity index (χ2v) is 7.10. The average molecular weight is 339 g/mol. The smallest absolute Gasteiger partial charge is 0.335 e. The number of aliphatic hydroxyl groups excluding tert-OH is 1. The number of aromatic carboxylic acids is 1. The third-order valence-corrected chi connectivity index (χ3v) is 5.28. The zero-order valence-electron chi connectivity index (χ0n) is 14.4. The Bertz CT molecular complexity index is 689. The van der Waals surface area contributed by atoms with E-state index in [1.54, 1.807) is 12.1 Å². The third-order valence-electron chi connectivity index (χ3n) is 5.28.